The van der Waals surface area contributed by atoms with Crippen molar-refractivity contribution >= 4 is 5.78 Å². The highest BCUT2D eigenvalue weighted by molar-refractivity contribution is 5.98. The van der Waals surface area contributed by atoms with E-state index in [9.17, 15) is 13.6 Å². The molecule has 0 fully saturated rings. The number of pyridine rings is 1. The van der Waals surface area contributed by atoms with Crippen LogP contribution in [0.15, 0.2) is 18.3 Å². The maximum Gasteiger partial charge on any atom is 0.280 e. The van der Waals surface area contributed by atoms with Crippen molar-refractivity contribution in [3.05, 3.63) is 29.6 Å². The van der Waals surface area contributed by atoms with Gasteiger partial charge in [-0.3, -0.25) is 9.78 Å². The number of hydrogen-bond donors (Lipinski definition) is 0. The second kappa shape index (κ2) is 4.60. The van der Waals surface area contributed by atoms with Crippen LogP contribution in [0.2, 0.25) is 0 Å². The lowest BCUT2D eigenvalue weighted by atomic mass is 10.0. The topological polar surface area (TPSA) is 53.8 Å². The van der Waals surface area contributed by atoms with Gasteiger partial charge >= 0.3 is 0 Å². The third-order valence-electron chi connectivity index (χ3n) is 1.88. The predicted molar refractivity (Wildman–Crippen MR) is 48.3 cm³/mol. The molecule has 0 spiro atoms. The summed E-state index contributed by atoms with van der Waals surface area (Å²) in [6, 6.07) is 4.12. The van der Waals surface area contributed by atoms with Gasteiger partial charge in [0.15, 0.2) is 5.78 Å². The molecule has 15 heavy (non-hydrogen) atoms. The Morgan fingerprint density at radius 2 is 2.20 bits per heavy atom. The Kier molecular flexibility index (Phi) is 3.45. The Bertz CT molecular complexity index is 395. The van der Waals surface area contributed by atoms with Gasteiger partial charge in [-0.1, -0.05) is 0 Å². The fourth-order valence-electron chi connectivity index (χ4n) is 0.989. The molecule has 0 saturated heterocycles. The summed E-state index contributed by atoms with van der Waals surface area (Å²) < 4.78 is 24.2. The summed E-state index contributed by atoms with van der Waals surface area (Å²) in [7, 11) is 0. The van der Waals surface area contributed by atoms with Crippen molar-refractivity contribution in [1.29, 1.82) is 5.26 Å². The minimum atomic E-state index is -2.65. The number of hydrogen-bond acceptors (Lipinski definition) is 3. The minimum Gasteiger partial charge on any atom is -0.293 e. The Morgan fingerprint density at radius 3 is 2.60 bits per heavy atom. The standard InChI is InChI=1S/C10H8F2N2O/c1-6(4-13)9(15)7-2-3-8(10(11)12)14-5-7/h2-3,5-6,10H,1H3. The molecular weight excluding hydrogens is 202 g/mol. The number of nitrogens with zero attached hydrogens (tertiary/aromatic N) is 2. The third kappa shape index (κ3) is 2.56. The minimum absolute atomic E-state index is 0.174. The van der Waals surface area contributed by atoms with E-state index >= 15 is 0 Å². The average Bonchev–Trinajstić information content (AvgIpc) is 2.27. The third-order valence-corrected chi connectivity index (χ3v) is 1.88. The number of alkyl halides is 2. The maximum absolute atomic E-state index is 12.1. The first-order valence-electron chi connectivity index (χ1n) is 4.24. The second-order valence-corrected chi connectivity index (χ2v) is 2.99. The van der Waals surface area contributed by atoms with E-state index in [0.29, 0.717) is 0 Å². The van der Waals surface area contributed by atoms with Crippen LogP contribution in [0.5, 0.6) is 0 Å². The van der Waals surface area contributed by atoms with Gasteiger partial charge in [-0.05, 0) is 19.1 Å². The van der Waals surface area contributed by atoms with Crippen LogP contribution >= 0.6 is 0 Å². The quantitative estimate of drug-likeness (QED) is 0.719. The molecule has 0 aliphatic rings. The molecule has 0 aromatic carbocycles. The van der Waals surface area contributed by atoms with Gasteiger partial charge in [-0.2, -0.15) is 5.26 Å². The Labute approximate surface area is 85.4 Å². The normalized spacial score (nSPS) is 12.2. The summed E-state index contributed by atoms with van der Waals surface area (Å²) in [4.78, 5) is 14.8. The van der Waals surface area contributed by atoms with Gasteiger partial charge in [0, 0.05) is 11.8 Å². The summed E-state index contributed by atoms with van der Waals surface area (Å²) in [6.45, 7) is 1.45. The van der Waals surface area contributed by atoms with E-state index in [0.717, 1.165) is 12.3 Å². The Morgan fingerprint density at radius 1 is 1.53 bits per heavy atom. The van der Waals surface area contributed by atoms with Crippen molar-refractivity contribution in [2.45, 2.75) is 13.3 Å². The molecule has 0 aliphatic carbocycles. The van der Waals surface area contributed by atoms with Crippen molar-refractivity contribution < 1.29 is 13.6 Å². The first-order chi connectivity index (χ1) is 7.06. The lowest BCUT2D eigenvalue weighted by Crippen LogP contribution is -2.09. The monoisotopic (exact) mass is 210 g/mol. The molecule has 1 aromatic heterocycles. The van der Waals surface area contributed by atoms with Gasteiger partial charge in [0.2, 0.25) is 0 Å². The van der Waals surface area contributed by atoms with E-state index in [1.807, 2.05) is 0 Å². The molecule has 1 aromatic rings. The van der Waals surface area contributed by atoms with Gasteiger partial charge in [-0.15, -0.1) is 0 Å². The van der Waals surface area contributed by atoms with Crippen LogP contribution in [0.3, 0.4) is 0 Å². The molecule has 5 heteroatoms. The number of rotatable bonds is 3. The summed E-state index contributed by atoms with van der Waals surface area (Å²) >= 11 is 0. The molecule has 0 radical (unpaired) electrons. The molecule has 3 nitrogen and oxygen atoms in total. The first-order valence-corrected chi connectivity index (χ1v) is 4.24. The van der Waals surface area contributed by atoms with Crippen molar-refractivity contribution in [3.8, 4) is 6.07 Å². The molecule has 1 rings (SSSR count). The van der Waals surface area contributed by atoms with Crippen LogP contribution < -0.4 is 0 Å². The molecular formula is C10H8F2N2O. The highest BCUT2D eigenvalue weighted by Crippen LogP contribution is 2.16. The van der Waals surface area contributed by atoms with E-state index < -0.39 is 18.1 Å². The number of carbonyl (C=O) groups is 1. The molecule has 1 atom stereocenters. The maximum atomic E-state index is 12.1. The summed E-state index contributed by atoms with van der Waals surface area (Å²) in [5.74, 6) is -1.20. The predicted octanol–water partition coefficient (Wildman–Crippen LogP) is 2.36. The zero-order valence-corrected chi connectivity index (χ0v) is 7.95. The molecule has 0 aliphatic heterocycles. The molecule has 0 bridgehead atoms. The molecule has 0 saturated carbocycles. The number of ketones is 1. The fourth-order valence-corrected chi connectivity index (χ4v) is 0.989. The van der Waals surface area contributed by atoms with Crippen LogP contribution in [0.25, 0.3) is 0 Å². The molecule has 1 unspecified atom stereocenters. The zero-order chi connectivity index (χ0) is 11.4. The van der Waals surface area contributed by atoms with E-state index in [2.05, 4.69) is 4.98 Å². The van der Waals surface area contributed by atoms with Crippen LogP contribution in [-0.4, -0.2) is 10.8 Å². The summed E-state index contributed by atoms with van der Waals surface area (Å²) in [5.41, 5.74) is -0.204. The largest absolute Gasteiger partial charge is 0.293 e. The molecule has 0 amide bonds. The fraction of sp³-hybridized carbons (Fsp3) is 0.300. The van der Waals surface area contributed by atoms with Crippen molar-refractivity contribution in [2.75, 3.05) is 0 Å². The highest BCUT2D eigenvalue weighted by atomic mass is 19.3. The number of Topliss-reactive ketones (excluding diaryl/α,β-unsaturated/α-hetero) is 1. The summed E-state index contributed by atoms with van der Waals surface area (Å²) in [6.07, 6.45) is -1.58. The average molecular weight is 210 g/mol. The number of aromatic nitrogens is 1. The lowest BCUT2D eigenvalue weighted by molar-refractivity contribution is 0.0955. The molecule has 78 valence electrons. The number of carbonyl (C=O) groups excluding carboxylic acids is 1. The van der Waals surface area contributed by atoms with E-state index in [4.69, 9.17) is 5.26 Å². The van der Waals surface area contributed by atoms with E-state index in [1.54, 1.807) is 6.07 Å². The second-order valence-electron chi connectivity index (χ2n) is 2.99. The summed E-state index contributed by atoms with van der Waals surface area (Å²) in [5, 5.41) is 8.50. The molecule has 1 heterocycles. The van der Waals surface area contributed by atoms with Crippen LogP contribution in [0.1, 0.15) is 29.4 Å². The van der Waals surface area contributed by atoms with Gasteiger partial charge in [-0.25, -0.2) is 8.78 Å². The number of nitriles is 1. The van der Waals surface area contributed by atoms with Gasteiger partial charge < -0.3 is 0 Å². The van der Waals surface area contributed by atoms with Crippen LogP contribution in [-0.2, 0) is 0 Å². The highest BCUT2D eigenvalue weighted by Gasteiger charge is 2.15. The van der Waals surface area contributed by atoms with Gasteiger partial charge in [0.1, 0.15) is 11.6 Å². The SMILES string of the molecule is CC(C#N)C(=O)c1ccc(C(F)F)nc1. The van der Waals surface area contributed by atoms with Crippen molar-refractivity contribution in [1.82, 2.24) is 4.98 Å². The van der Waals surface area contributed by atoms with E-state index in [-0.39, 0.29) is 11.3 Å². The van der Waals surface area contributed by atoms with Crippen LogP contribution in [0, 0.1) is 17.2 Å². The smallest absolute Gasteiger partial charge is 0.280 e. The Balaban J connectivity index is 2.90. The Hall–Kier alpha value is -1.83. The zero-order valence-electron chi connectivity index (χ0n) is 7.95. The van der Waals surface area contributed by atoms with Gasteiger partial charge in [0.25, 0.3) is 6.43 Å². The van der Waals surface area contributed by atoms with Crippen LogP contribution in [0.4, 0.5) is 8.78 Å². The first kappa shape index (κ1) is 11.2. The van der Waals surface area contributed by atoms with E-state index in [1.165, 1.54) is 13.0 Å². The van der Waals surface area contributed by atoms with Crippen molar-refractivity contribution in [3.63, 3.8) is 0 Å². The molecule has 0 N–H and O–H groups in total. The van der Waals surface area contributed by atoms with Crippen molar-refractivity contribution in [2.24, 2.45) is 5.92 Å². The lowest BCUT2D eigenvalue weighted by Gasteiger charge is -2.02. The van der Waals surface area contributed by atoms with Gasteiger partial charge in [0.05, 0.1) is 6.07 Å². The number of halogens is 2.